The first-order valence-electron chi connectivity index (χ1n) is 6.91. The summed E-state index contributed by atoms with van der Waals surface area (Å²) in [7, 11) is 0. The van der Waals surface area contributed by atoms with E-state index in [0.29, 0.717) is 0 Å². The van der Waals surface area contributed by atoms with Crippen LogP contribution in [0.1, 0.15) is 43.0 Å². The Labute approximate surface area is 127 Å². The van der Waals surface area contributed by atoms with Gasteiger partial charge >= 0.3 is 33.7 Å². The van der Waals surface area contributed by atoms with Crippen LogP contribution in [0.5, 0.6) is 0 Å². The molecule has 0 spiro atoms. The average molecular weight is 251 g/mol. The Hall–Kier alpha value is 1.01. The molecule has 0 aromatic rings. The van der Waals surface area contributed by atoms with Crippen LogP contribution in [0, 0.1) is 0 Å². The molecule has 0 fully saturated rings. The van der Waals surface area contributed by atoms with E-state index in [1.165, 1.54) is 39.3 Å². The Balaban J connectivity index is -0.00000112. The smallest absolute Gasteiger partial charge is 1.00 e. The first-order chi connectivity index (χ1) is 7.69. The van der Waals surface area contributed by atoms with E-state index in [-0.39, 0.29) is 20.3 Å². The van der Waals surface area contributed by atoms with Gasteiger partial charge in [-0.15, -0.1) is 0 Å². The molecule has 0 unspecified atom stereocenters. The van der Waals surface area contributed by atoms with Crippen molar-refractivity contribution in [2.45, 2.75) is 41.5 Å². The standard InChI is InChI=1S/3C4H10N.Al.Li.H/c3*1-3-5-4-2;;;/h3*3-4H2,1-2H3;;;/q3*-1;+3;+1;-1. The molecule has 3 nitrogen and oxygen atoms in total. The van der Waals surface area contributed by atoms with Gasteiger partial charge in [-0.05, 0) is 39.3 Å². The molecule has 0 aliphatic heterocycles. The summed E-state index contributed by atoms with van der Waals surface area (Å²) in [6.07, 6.45) is 0. The molecular formula is C12H31AlLiN3. The van der Waals surface area contributed by atoms with Crippen molar-refractivity contribution in [2.75, 3.05) is 39.3 Å². The number of nitrogens with zero attached hydrogens (tertiary/aromatic N) is 3. The maximum atomic E-state index is 2.68. The Morgan fingerprint density at radius 3 is 0.882 bits per heavy atom. The molecule has 17 heavy (non-hydrogen) atoms. The Morgan fingerprint density at radius 1 is 0.588 bits per heavy atom. The van der Waals surface area contributed by atoms with Crippen molar-refractivity contribution in [3.05, 3.63) is 0 Å². The SMILES string of the molecule is CC[N](CC)[Al]([N](CC)CC)[N](CC)CC.[H-].[Li+]. The van der Waals surface area contributed by atoms with Gasteiger partial charge in [-0.1, -0.05) is 41.5 Å². The average Bonchev–Trinajstić information content (AvgIpc) is 2.33. The van der Waals surface area contributed by atoms with Crippen molar-refractivity contribution in [3.8, 4) is 0 Å². The van der Waals surface area contributed by atoms with Gasteiger partial charge in [0.25, 0.3) is 0 Å². The quantitative estimate of drug-likeness (QED) is 0.492. The molecule has 5 heteroatoms. The van der Waals surface area contributed by atoms with Gasteiger partial charge in [0.15, 0.2) is 0 Å². The maximum Gasteiger partial charge on any atom is 1.00 e. The molecule has 0 amide bonds. The van der Waals surface area contributed by atoms with Crippen LogP contribution in [0.25, 0.3) is 0 Å². The van der Waals surface area contributed by atoms with Crippen LogP contribution in [-0.2, 0) is 0 Å². The monoisotopic (exact) mass is 251 g/mol. The maximum absolute atomic E-state index is 2.68. The van der Waals surface area contributed by atoms with Crippen molar-refractivity contribution < 1.29 is 20.3 Å². The summed E-state index contributed by atoms with van der Waals surface area (Å²) in [6.45, 7) is 20.8. The number of hydrogen-bond acceptors (Lipinski definition) is 3. The molecule has 0 aliphatic rings. The summed E-state index contributed by atoms with van der Waals surface area (Å²) in [5.41, 5.74) is 0. The molecule has 0 atom stereocenters. The van der Waals surface area contributed by atoms with E-state index in [0.717, 1.165) is 0 Å². The molecule has 0 aromatic heterocycles. The Kier molecular flexibility index (Phi) is 14.4. The van der Waals surface area contributed by atoms with E-state index in [4.69, 9.17) is 0 Å². The molecular weight excluding hydrogens is 220 g/mol. The van der Waals surface area contributed by atoms with E-state index >= 15 is 0 Å². The first kappa shape index (κ1) is 20.3. The minimum Gasteiger partial charge on any atom is -1.00 e. The van der Waals surface area contributed by atoms with Gasteiger partial charge < -0.3 is 13.1 Å². The van der Waals surface area contributed by atoms with Crippen LogP contribution < -0.4 is 18.9 Å². The summed E-state index contributed by atoms with van der Waals surface area (Å²) in [5.74, 6) is 0. The summed E-state index contributed by atoms with van der Waals surface area (Å²) in [5, 5.41) is 0. The van der Waals surface area contributed by atoms with Crippen LogP contribution in [0.15, 0.2) is 0 Å². The minimum absolute atomic E-state index is 0. The number of hydrogen-bond donors (Lipinski definition) is 0. The second kappa shape index (κ2) is 12.1. The van der Waals surface area contributed by atoms with Gasteiger partial charge in [-0.3, -0.25) is 0 Å². The summed E-state index contributed by atoms with van der Waals surface area (Å²) in [6, 6.07) is 0. The van der Waals surface area contributed by atoms with Crippen molar-refractivity contribution in [1.82, 2.24) is 11.7 Å². The van der Waals surface area contributed by atoms with Gasteiger partial charge in [0.05, 0.1) is 0 Å². The zero-order valence-corrected chi connectivity index (χ0v) is 14.3. The van der Waals surface area contributed by atoms with Crippen molar-refractivity contribution in [1.29, 1.82) is 0 Å². The van der Waals surface area contributed by atoms with E-state index in [1.54, 1.807) is 0 Å². The summed E-state index contributed by atoms with van der Waals surface area (Å²) in [4.78, 5) is 0. The van der Waals surface area contributed by atoms with Crippen molar-refractivity contribution in [2.24, 2.45) is 0 Å². The molecule has 0 aliphatic carbocycles. The molecule has 0 heterocycles. The third-order valence-corrected chi connectivity index (χ3v) is 7.57. The van der Waals surface area contributed by atoms with Gasteiger partial charge in [0.2, 0.25) is 0 Å². The van der Waals surface area contributed by atoms with E-state index in [2.05, 4.69) is 53.2 Å². The van der Waals surface area contributed by atoms with E-state index in [9.17, 15) is 0 Å². The van der Waals surface area contributed by atoms with Crippen LogP contribution >= 0.6 is 0 Å². The fourth-order valence-corrected chi connectivity index (χ4v) is 5.69. The zero-order valence-electron chi connectivity index (χ0n) is 14.2. The Bertz CT molecular complexity index is 137. The fraction of sp³-hybridized carbons (Fsp3) is 1.00. The molecule has 0 aromatic carbocycles. The fourth-order valence-electron chi connectivity index (χ4n) is 2.34. The minimum atomic E-state index is -1.08. The third-order valence-electron chi connectivity index (χ3n) is 3.42. The molecule has 0 saturated carbocycles. The second-order valence-corrected chi connectivity index (χ2v) is 6.89. The molecule has 98 valence electrons. The van der Waals surface area contributed by atoms with Crippen LogP contribution in [0.4, 0.5) is 0 Å². The van der Waals surface area contributed by atoms with E-state index in [1.807, 2.05) is 0 Å². The molecule has 0 radical (unpaired) electrons. The van der Waals surface area contributed by atoms with Crippen molar-refractivity contribution >= 4 is 14.8 Å². The molecule has 0 rings (SSSR count). The Morgan fingerprint density at radius 2 is 0.765 bits per heavy atom. The summed E-state index contributed by atoms with van der Waals surface area (Å²) < 4.78 is 8.04. The van der Waals surface area contributed by atoms with Crippen LogP contribution in [0.2, 0.25) is 0 Å². The molecule has 0 bridgehead atoms. The van der Waals surface area contributed by atoms with Crippen LogP contribution in [-0.4, -0.2) is 65.7 Å². The zero-order chi connectivity index (χ0) is 12.6. The topological polar surface area (TPSA) is 9.72 Å². The van der Waals surface area contributed by atoms with Crippen molar-refractivity contribution in [3.63, 3.8) is 0 Å². The molecule has 0 N–H and O–H groups in total. The summed E-state index contributed by atoms with van der Waals surface area (Å²) >= 11 is -1.08. The second-order valence-electron chi connectivity index (χ2n) is 4.01. The van der Waals surface area contributed by atoms with E-state index < -0.39 is 14.8 Å². The largest absolute Gasteiger partial charge is 1.00 e. The normalized spacial score (nSPS) is 11.1. The number of rotatable bonds is 9. The van der Waals surface area contributed by atoms with Gasteiger partial charge in [-0.2, -0.15) is 0 Å². The van der Waals surface area contributed by atoms with Gasteiger partial charge in [-0.25, -0.2) is 0 Å². The molecule has 0 saturated heterocycles. The predicted molar refractivity (Wildman–Crippen MR) is 75.6 cm³/mol. The van der Waals surface area contributed by atoms with Gasteiger partial charge in [0.1, 0.15) is 0 Å². The van der Waals surface area contributed by atoms with Gasteiger partial charge in [0, 0.05) is 0 Å². The first-order valence-corrected chi connectivity index (χ1v) is 8.46. The predicted octanol–water partition coefficient (Wildman–Crippen LogP) is -0.887. The van der Waals surface area contributed by atoms with Crippen LogP contribution in [0.3, 0.4) is 0 Å². The third kappa shape index (κ3) is 6.13.